The molecule has 4 aromatic rings. The molecule has 0 spiro atoms. The molecule has 2 aromatic carbocycles. The lowest BCUT2D eigenvalue weighted by Gasteiger charge is -2.19. The normalized spacial score (nSPS) is 11.4. The lowest BCUT2D eigenvalue weighted by atomic mass is 9.86. The molecule has 5 nitrogen and oxygen atoms in total. The number of furan rings is 1. The van der Waals surface area contributed by atoms with Crippen molar-refractivity contribution in [3.8, 4) is 17.0 Å². The molecule has 27 heavy (non-hydrogen) atoms. The van der Waals surface area contributed by atoms with E-state index in [0.717, 1.165) is 38.6 Å². The van der Waals surface area contributed by atoms with Gasteiger partial charge in [-0.2, -0.15) is 0 Å². The average molecular weight is 361 g/mol. The van der Waals surface area contributed by atoms with Gasteiger partial charge < -0.3 is 14.6 Å². The van der Waals surface area contributed by atoms with Gasteiger partial charge >= 0.3 is 5.97 Å². The fourth-order valence-electron chi connectivity index (χ4n) is 3.84. The second-order valence-corrected chi connectivity index (χ2v) is 6.86. The van der Waals surface area contributed by atoms with E-state index in [0.29, 0.717) is 16.7 Å². The van der Waals surface area contributed by atoms with E-state index in [9.17, 15) is 15.0 Å². The predicted molar refractivity (Wildman–Crippen MR) is 104 cm³/mol. The molecule has 0 bridgehead atoms. The van der Waals surface area contributed by atoms with Gasteiger partial charge in [0.1, 0.15) is 0 Å². The standard InChI is InChI=1S/C22H19NO4/c1-11-4-6-14(7-5-11)18-13(3)19-15-8-9-27-21(15)22(26)23-20(19)12(2)16(18)10-17(24)25/h4-9H,10H2,1-3H3,(H,23,26)(H,24,25). The number of aromatic nitrogens is 1. The Hall–Kier alpha value is -3.34. The molecule has 2 aromatic heterocycles. The van der Waals surface area contributed by atoms with Crippen molar-refractivity contribution in [1.82, 2.24) is 4.98 Å². The summed E-state index contributed by atoms with van der Waals surface area (Å²) in [6.45, 7) is 5.84. The first-order valence-electron chi connectivity index (χ1n) is 8.69. The Balaban J connectivity index is 2.19. The van der Waals surface area contributed by atoms with E-state index in [4.69, 9.17) is 4.42 Å². The maximum absolute atomic E-state index is 11.6. The molecule has 0 saturated carbocycles. The lowest BCUT2D eigenvalue weighted by molar-refractivity contribution is -0.136. The minimum atomic E-state index is -0.904. The molecule has 0 aliphatic rings. The maximum atomic E-state index is 11.6. The summed E-state index contributed by atoms with van der Waals surface area (Å²) in [5, 5.41) is 21.4. The van der Waals surface area contributed by atoms with E-state index in [1.165, 1.54) is 6.26 Å². The third-order valence-electron chi connectivity index (χ3n) is 5.12. The molecule has 0 radical (unpaired) electrons. The largest absolute Gasteiger partial charge is 0.491 e. The van der Waals surface area contributed by atoms with Gasteiger partial charge in [0.25, 0.3) is 5.88 Å². The van der Waals surface area contributed by atoms with Gasteiger partial charge in [-0.05, 0) is 54.7 Å². The van der Waals surface area contributed by atoms with E-state index in [2.05, 4.69) is 4.98 Å². The van der Waals surface area contributed by atoms with Crippen molar-refractivity contribution in [2.24, 2.45) is 0 Å². The summed E-state index contributed by atoms with van der Waals surface area (Å²) < 4.78 is 5.40. The van der Waals surface area contributed by atoms with Gasteiger partial charge in [0, 0.05) is 10.8 Å². The second kappa shape index (κ2) is 6.13. The maximum Gasteiger partial charge on any atom is 0.307 e. The molecule has 0 aliphatic carbocycles. The molecule has 2 heterocycles. The smallest absolute Gasteiger partial charge is 0.307 e. The van der Waals surface area contributed by atoms with Crippen LogP contribution in [0.5, 0.6) is 5.88 Å². The molecule has 0 atom stereocenters. The number of hydrogen-bond donors (Lipinski definition) is 2. The van der Waals surface area contributed by atoms with Crippen molar-refractivity contribution in [3.05, 3.63) is 58.8 Å². The summed E-state index contributed by atoms with van der Waals surface area (Å²) in [5.41, 5.74) is 6.34. The van der Waals surface area contributed by atoms with E-state index < -0.39 is 5.97 Å². The first-order chi connectivity index (χ1) is 12.9. The summed E-state index contributed by atoms with van der Waals surface area (Å²) in [4.78, 5) is 15.9. The van der Waals surface area contributed by atoms with Gasteiger partial charge in [0.2, 0.25) is 0 Å². The van der Waals surface area contributed by atoms with Crippen LogP contribution in [0.25, 0.3) is 33.0 Å². The predicted octanol–water partition coefficient (Wildman–Crippen LogP) is 4.91. The molecule has 0 unspecified atom stereocenters. The van der Waals surface area contributed by atoms with Gasteiger partial charge in [-0.15, -0.1) is 0 Å². The molecule has 4 rings (SSSR count). The van der Waals surface area contributed by atoms with E-state index in [1.54, 1.807) is 6.07 Å². The number of carboxylic acids is 1. The van der Waals surface area contributed by atoms with Crippen molar-refractivity contribution in [1.29, 1.82) is 0 Å². The molecule has 5 heteroatoms. The summed E-state index contributed by atoms with van der Waals surface area (Å²) in [6, 6.07) is 9.85. The fourth-order valence-corrected chi connectivity index (χ4v) is 3.84. The Morgan fingerprint density at radius 2 is 1.78 bits per heavy atom. The van der Waals surface area contributed by atoms with Crippen molar-refractivity contribution >= 4 is 27.8 Å². The van der Waals surface area contributed by atoms with Crippen LogP contribution in [-0.2, 0) is 11.2 Å². The summed E-state index contributed by atoms with van der Waals surface area (Å²) in [7, 11) is 0. The number of aromatic hydroxyl groups is 1. The van der Waals surface area contributed by atoms with Gasteiger partial charge in [-0.1, -0.05) is 29.8 Å². The number of carboxylic acid groups (broad SMARTS) is 1. The Kier molecular flexibility index (Phi) is 3.88. The molecule has 0 amide bonds. The minimum Gasteiger partial charge on any atom is -0.491 e. The zero-order valence-electron chi connectivity index (χ0n) is 15.3. The monoisotopic (exact) mass is 361 g/mol. The van der Waals surface area contributed by atoms with E-state index >= 15 is 0 Å². The van der Waals surface area contributed by atoms with Crippen LogP contribution in [-0.4, -0.2) is 21.2 Å². The van der Waals surface area contributed by atoms with Crippen LogP contribution in [0.3, 0.4) is 0 Å². The van der Waals surface area contributed by atoms with Crippen LogP contribution in [0.15, 0.2) is 41.0 Å². The van der Waals surface area contributed by atoms with Crippen LogP contribution in [0.4, 0.5) is 0 Å². The van der Waals surface area contributed by atoms with Crippen molar-refractivity contribution < 1.29 is 19.4 Å². The molecule has 0 saturated heterocycles. The highest BCUT2D eigenvalue weighted by Crippen LogP contribution is 2.41. The number of carbonyl (C=O) groups is 1. The highest BCUT2D eigenvalue weighted by atomic mass is 16.4. The zero-order chi connectivity index (χ0) is 19.3. The average Bonchev–Trinajstić information content (AvgIpc) is 3.11. The highest BCUT2D eigenvalue weighted by molar-refractivity contribution is 6.11. The molecular weight excluding hydrogens is 342 g/mol. The number of hydrogen-bond acceptors (Lipinski definition) is 4. The quantitative estimate of drug-likeness (QED) is 0.542. The first-order valence-corrected chi connectivity index (χ1v) is 8.69. The molecular formula is C22H19NO4. The van der Waals surface area contributed by atoms with Gasteiger partial charge in [-0.25, -0.2) is 4.98 Å². The Labute approximate surface area is 155 Å². The number of benzene rings is 2. The SMILES string of the molecule is Cc1ccc(-c2c(CC(=O)O)c(C)c3nc(O)c4occc4c3c2C)cc1. The second-order valence-electron chi connectivity index (χ2n) is 6.86. The topological polar surface area (TPSA) is 83.6 Å². The van der Waals surface area contributed by atoms with Crippen LogP contribution in [0, 0.1) is 20.8 Å². The molecule has 0 aliphatic heterocycles. The highest BCUT2D eigenvalue weighted by Gasteiger charge is 2.22. The van der Waals surface area contributed by atoms with Crippen LogP contribution >= 0.6 is 0 Å². The van der Waals surface area contributed by atoms with Crippen molar-refractivity contribution in [2.45, 2.75) is 27.2 Å². The number of nitrogens with zero attached hydrogens (tertiary/aromatic N) is 1. The Bertz CT molecular complexity index is 1200. The third-order valence-corrected chi connectivity index (χ3v) is 5.12. The first kappa shape index (κ1) is 17.1. The van der Waals surface area contributed by atoms with Gasteiger partial charge in [0.05, 0.1) is 18.2 Å². The van der Waals surface area contributed by atoms with E-state index in [-0.39, 0.29) is 12.3 Å². The lowest BCUT2D eigenvalue weighted by Crippen LogP contribution is -2.07. The van der Waals surface area contributed by atoms with Gasteiger partial charge in [-0.3, -0.25) is 4.79 Å². The minimum absolute atomic E-state index is 0.113. The number of aryl methyl sites for hydroxylation is 3. The summed E-state index contributed by atoms with van der Waals surface area (Å²) >= 11 is 0. The Morgan fingerprint density at radius 1 is 1.07 bits per heavy atom. The number of aliphatic carboxylic acids is 1. The molecule has 136 valence electrons. The number of fused-ring (bicyclic) bond motifs is 3. The number of pyridine rings is 1. The fraction of sp³-hybridized carbons (Fsp3) is 0.182. The molecule has 0 fully saturated rings. The third kappa shape index (κ3) is 2.63. The molecule has 2 N–H and O–H groups in total. The van der Waals surface area contributed by atoms with Crippen LogP contribution in [0.2, 0.25) is 0 Å². The zero-order valence-corrected chi connectivity index (χ0v) is 15.3. The summed E-state index contributed by atoms with van der Waals surface area (Å²) in [5.74, 6) is -1.09. The number of rotatable bonds is 3. The Morgan fingerprint density at radius 3 is 2.44 bits per heavy atom. The van der Waals surface area contributed by atoms with E-state index in [1.807, 2.05) is 45.0 Å². The van der Waals surface area contributed by atoms with Crippen molar-refractivity contribution in [3.63, 3.8) is 0 Å². The van der Waals surface area contributed by atoms with Crippen LogP contribution in [0.1, 0.15) is 22.3 Å². The summed E-state index contributed by atoms with van der Waals surface area (Å²) in [6.07, 6.45) is 1.41. The van der Waals surface area contributed by atoms with Crippen molar-refractivity contribution in [2.75, 3.05) is 0 Å². The van der Waals surface area contributed by atoms with Gasteiger partial charge in [0.15, 0.2) is 5.58 Å². The van der Waals surface area contributed by atoms with Crippen LogP contribution < -0.4 is 0 Å².